The summed E-state index contributed by atoms with van der Waals surface area (Å²) in [7, 11) is 0. The van der Waals surface area contributed by atoms with Crippen LogP contribution < -0.4 is 5.32 Å². The molecule has 14 heavy (non-hydrogen) atoms. The van der Waals surface area contributed by atoms with Crippen LogP contribution >= 0.6 is 15.9 Å². The molecule has 3 nitrogen and oxygen atoms in total. The quantitative estimate of drug-likeness (QED) is 0.840. The Morgan fingerprint density at radius 3 is 3.00 bits per heavy atom. The van der Waals surface area contributed by atoms with E-state index in [4.69, 9.17) is 0 Å². The Kier molecular flexibility index (Phi) is 1.85. The van der Waals surface area contributed by atoms with Gasteiger partial charge in [0.05, 0.1) is 17.8 Å². The number of nitrogens with one attached hydrogen (secondary N) is 1. The van der Waals surface area contributed by atoms with Gasteiger partial charge >= 0.3 is 0 Å². The molecule has 1 aliphatic rings. The molecule has 72 valence electrons. The lowest BCUT2D eigenvalue weighted by Gasteiger charge is -2.27. The maximum absolute atomic E-state index is 4.41. The average molecular weight is 252 g/mol. The summed E-state index contributed by atoms with van der Waals surface area (Å²) < 4.78 is 3.22. The van der Waals surface area contributed by atoms with E-state index < -0.39 is 0 Å². The van der Waals surface area contributed by atoms with Crippen LogP contribution in [0.15, 0.2) is 28.9 Å². The van der Waals surface area contributed by atoms with Gasteiger partial charge in [0.2, 0.25) is 0 Å². The lowest BCUT2D eigenvalue weighted by Crippen LogP contribution is -2.43. The monoisotopic (exact) mass is 251 g/mol. The van der Waals surface area contributed by atoms with Gasteiger partial charge in [0.1, 0.15) is 0 Å². The van der Waals surface area contributed by atoms with Crippen molar-refractivity contribution in [2.45, 2.75) is 6.04 Å². The van der Waals surface area contributed by atoms with Gasteiger partial charge in [-0.05, 0) is 18.2 Å². The molecule has 0 bridgehead atoms. The van der Waals surface area contributed by atoms with Gasteiger partial charge in [0.25, 0.3) is 0 Å². The van der Waals surface area contributed by atoms with Gasteiger partial charge in [-0.3, -0.25) is 4.68 Å². The van der Waals surface area contributed by atoms with Crippen LogP contribution in [0.5, 0.6) is 0 Å². The van der Waals surface area contributed by atoms with Crippen LogP contribution in [0.1, 0.15) is 6.04 Å². The largest absolute Gasteiger partial charge is 0.312 e. The predicted octanol–water partition coefficient (Wildman–Crippen LogP) is 1.94. The van der Waals surface area contributed by atoms with E-state index in [-0.39, 0.29) is 0 Å². The number of benzene rings is 1. The number of nitrogens with zero attached hydrogens (tertiary/aromatic N) is 2. The summed E-state index contributed by atoms with van der Waals surface area (Å²) in [5.74, 6) is 0. The first kappa shape index (κ1) is 8.44. The molecule has 1 aromatic heterocycles. The second kappa shape index (κ2) is 3.07. The highest BCUT2D eigenvalue weighted by Crippen LogP contribution is 2.23. The minimum atomic E-state index is 0.536. The normalized spacial score (nSPS) is 17.2. The van der Waals surface area contributed by atoms with E-state index in [1.165, 1.54) is 10.9 Å². The van der Waals surface area contributed by atoms with Crippen LogP contribution in [0, 0.1) is 0 Å². The molecule has 4 heteroatoms. The molecule has 2 aromatic rings. The van der Waals surface area contributed by atoms with Crippen LogP contribution in [-0.2, 0) is 0 Å². The summed E-state index contributed by atoms with van der Waals surface area (Å²) in [4.78, 5) is 0. The summed E-state index contributed by atoms with van der Waals surface area (Å²) in [6, 6.07) is 6.82. The molecule has 0 amide bonds. The van der Waals surface area contributed by atoms with Gasteiger partial charge in [0.15, 0.2) is 0 Å². The van der Waals surface area contributed by atoms with E-state index >= 15 is 0 Å². The molecule has 0 aliphatic carbocycles. The Hall–Kier alpha value is -0.870. The smallest absolute Gasteiger partial charge is 0.0774 e. The summed E-state index contributed by atoms with van der Waals surface area (Å²) >= 11 is 3.46. The molecule has 1 fully saturated rings. The number of aromatic nitrogens is 2. The second-order valence-corrected chi connectivity index (χ2v) is 4.52. The fourth-order valence-corrected chi connectivity index (χ4v) is 2.14. The molecule has 0 spiro atoms. The third kappa shape index (κ3) is 1.18. The Morgan fingerprint density at radius 1 is 1.43 bits per heavy atom. The standard InChI is InChI=1S/C10H10BrN3/c11-8-1-2-10-7(3-8)4-13-14(10)9-5-12-6-9/h1-4,9,12H,5-6H2. The third-order valence-electron chi connectivity index (χ3n) is 2.66. The number of rotatable bonds is 1. The molecule has 1 saturated heterocycles. The van der Waals surface area contributed by atoms with Gasteiger partial charge in [-0.15, -0.1) is 0 Å². The van der Waals surface area contributed by atoms with Crippen molar-refractivity contribution in [3.63, 3.8) is 0 Å². The van der Waals surface area contributed by atoms with Gasteiger partial charge < -0.3 is 5.32 Å². The molecule has 3 rings (SSSR count). The fourth-order valence-electron chi connectivity index (χ4n) is 1.76. The van der Waals surface area contributed by atoms with Crippen molar-refractivity contribution in [2.75, 3.05) is 13.1 Å². The SMILES string of the molecule is Brc1ccc2c(cnn2C2CNC2)c1. The molecule has 2 heterocycles. The maximum Gasteiger partial charge on any atom is 0.0774 e. The number of hydrogen-bond acceptors (Lipinski definition) is 2. The lowest BCUT2D eigenvalue weighted by atomic mass is 10.2. The molecule has 0 unspecified atom stereocenters. The van der Waals surface area contributed by atoms with Crippen molar-refractivity contribution in [2.24, 2.45) is 0 Å². The predicted molar refractivity (Wildman–Crippen MR) is 59.3 cm³/mol. The van der Waals surface area contributed by atoms with Crippen LogP contribution in [0.3, 0.4) is 0 Å². The van der Waals surface area contributed by atoms with Gasteiger partial charge in [-0.25, -0.2) is 0 Å². The second-order valence-electron chi connectivity index (χ2n) is 3.60. The highest BCUT2D eigenvalue weighted by molar-refractivity contribution is 9.10. The summed E-state index contributed by atoms with van der Waals surface area (Å²) in [6.07, 6.45) is 1.93. The first-order valence-corrected chi connectivity index (χ1v) is 5.47. The molecular formula is C10H10BrN3. The molecular weight excluding hydrogens is 242 g/mol. The molecule has 1 N–H and O–H groups in total. The van der Waals surface area contributed by atoms with Crippen LogP contribution in [0.25, 0.3) is 10.9 Å². The van der Waals surface area contributed by atoms with E-state index in [1.807, 2.05) is 6.20 Å². The number of hydrogen-bond donors (Lipinski definition) is 1. The zero-order valence-corrected chi connectivity index (χ0v) is 9.16. The van der Waals surface area contributed by atoms with Gasteiger partial charge in [-0.1, -0.05) is 15.9 Å². The Morgan fingerprint density at radius 2 is 2.29 bits per heavy atom. The first-order valence-electron chi connectivity index (χ1n) is 4.68. The van der Waals surface area contributed by atoms with Crippen molar-refractivity contribution >= 4 is 26.8 Å². The van der Waals surface area contributed by atoms with E-state index in [9.17, 15) is 0 Å². The molecule has 1 aliphatic heterocycles. The highest BCUT2D eigenvalue weighted by Gasteiger charge is 2.20. The molecule has 0 saturated carbocycles. The summed E-state index contributed by atoms with van der Waals surface area (Å²) in [5.41, 5.74) is 1.22. The van der Waals surface area contributed by atoms with Crippen LogP contribution in [-0.4, -0.2) is 22.9 Å². The number of halogens is 1. The van der Waals surface area contributed by atoms with Crippen molar-refractivity contribution in [1.29, 1.82) is 0 Å². The zero-order chi connectivity index (χ0) is 9.54. The Bertz CT molecular complexity index is 473. The fraction of sp³-hybridized carbons (Fsp3) is 0.300. The minimum Gasteiger partial charge on any atom is -0.312 e. The van der Waals surface area contributed by atoms with Gasteiger partial charge in [0, 0.05) is 22.9 Å². The van der Waals surface area contributed by atoms with E-state index in [2.05, 4.69) is 49.2 Å². The minimum absolute atomic E-state index is 0.536. The molecule has 0 atom stereocenters. The first-order chi connectivity index (χ1) is 6.84. The van der Waals surface area contributed by atoms with Gasteiger partial charge in [-0.2, -0.15) is 5.10 Å². The summed E-state index contributed by atoms with van der Waals surface area (Å²) in [6.45, 7) is 2.07. The van der Waals surface area contributed by atoms with E-state index in [1.54, 1.807) is 0 Å². The molecule has 0 radical (unpaired) electrons. The van der Waals surface area contributed by atoms with Crippen LogP contribution in [0.4, 0.5) is 0 Å². The maximum atomic E-state index is 4.41. The Labute approximate surface area is 90.2 Å². The molecule has 1 aromatic carbocycles. The van der Waals surface area contributed by atoms with Crippen molar-refractivity contribution in [3.8, 4) is 0 Å². The topological polar surface area (TPSA) is 29.9 Å². The highest BCUT2D eigenvalue weighted by atomic mass is 79.9. The van der Waals surface area contributed by atoms with Crippen molar-refractivity contribution in [3.05, 3.63) is 28.9 Å². The van der Waals surface area contributed by atoms with Crippen molar-refractivity contribution < 1.29 is 0 Å². The lowest BCUT2D eigenvalue weighted by molar-refractivity contribution is 0.326. The number of fused-ring (bicyclic) bond motifs is 1. The average Bonchev–Trinajstić information content (AvgIpc) is 2.45. The van der Waals surface area contributed by atoms with Crippen molar-refractivity contribution in [1.82, 2.24) is 15.1 Å². The zero-order valence-electron chi connectivity index (χ0n) is 7.57. The summed E-state index contributed by atoms with van der Waals surface area (Å²) in [5, 5.41) is 8.87. The van der Waals surface area contributed by atoms with E-state index in [0.29, 0.717) is 6.04 Å². The third-order valence-corrected chi connectivity index (χ3v) is 3.16. The Balaban J connectivity index is 2.16. The van der Waals surface area contributed by atoms with E-state index in [0.717, 1.165) is 17.6 Å². The van der Waals surface area contributed by atoms with Crippen LogP contribution in [0.2, 0.25) is 0 Å².